The highest BCUT2D eigenvalue weighted by Gasteiger charge is 2.24. The fraction of sp³-hybridized carbons (Fsp3) is 0.0625. The van der Waals surface area contributed by atoms with Crippen molar-refractivity contribution in [2.24, 2.45) is 0 Å². The number of carboxylic acid groups (broad SMARTS) is 1. The third kappa shape index (κ3) is 2.83. The number of aromatic amines is 1. The Kier molecular flexibility index (Phi) is 3.87. The Labute approximate surface area is 139 Å². The summed E-state index contributed by atoms with van der Waals surface area (Å²) in [6, 6.07) is 8.63. The van der Waals surface area contributed by atoms with Crippen molar-refractivity contribution < 1.29 is 19.2 Å². The number of hydrogen-bond acceptors (Lipinski definition) is 4. The van der Waals surface area contributed by atoms with Gasteiger partial charge in [-0.05, 0) is 25.1 Å². The van der Waals surface area contributed by atoms with Gasteiger partial charge < -0.3 is 14.6 Å². The van der Waals surface area contributed by atoms with Gasteiger partial charge >= 0.3 is 5.97 Å². The number of carbonyl (C=O) groups is 2. The second kappa shape index (κ2) is 5.85. The zero-order valence-electron chi connectivity index (χ0n) is 12.0. The first-order valence-corrected chi connectivity index (χ1v) is 7.45. The van der Waals surface area contributed by atoms with E-state index in [2.05, 4.69) is 26.1 Å². The summed E-state index contributed by atoms with van der Waals surface area (Å²) in [5.74, 6) is -1.09. The van der Waals surface area contributed by atoms with E-state index in [1.807, 2.05) is 24.3 Å². The minimum Gasteiger partial charge on any atom is -0.477 e. The van der Waals surface area contributed by atoms with E-state index in [0.717, 1.165) is 10.0 Å². The summed E-state index contributed by atoms with van der Waals surface area (Å²) in [5, 5.41) is 12.9. The molecule has 23 heavy (non-hydrogen) atoms. The fourth-order valence-electron chi connectivity index (χ4n) is 2.27. The molecule has 0 aliphatic rings. The molecule has 3 aromatic rings. The number of benzene rings is 1. The molecular weight excluding hydrogens is 364 g/mol. The third-order valence-corrected chi connectivity index (χ3v) is 3.86. The number of aromatic nitrogens is 2. The third-order valence-electron chi connectivity index (χ3n) is 3.36. The first-order valence-electron chi connectivity index (χ1n) is 6.66. The van der Waals surface area contributed by atoms with Crippen LogP contribution in [0.5, 0.6) is 0 Å². The summed E-state index contributed by atoms with van der Waals surface area (Å²) in [7, 11) is 0. The number of aryl methyl sites for hydroxylation is 1. The molecule has 0 spiro atoms. The lowest BCUT2D eigenvalue weighted by atomic mass is 10.00. The van der Waals surface area contributed by atoms with Crippen molar-refractivity contribution in [1.82, 2.24) is 10.1 Å². The topological polar surface area (TPSA) is 96.2 Å². The molecule has 1 aromatic carbocycles. The van der Waals surface area contributed by atoms with Gasteiger partial charge in [-0.1, -0.05) is 33.2 Å². The van der Waals surface area contributed by atoms with Gasteiger partial charge in [-0.25, -0.2) is 4.79 Å². The lowest BCUT2D eigenvalue weighted by Gasteiger charge is -2.01. The minimum atomic E-state index is -1.13. The number of hydrogen-bond donors (Lipinski definition) is 2. The van der Waals surface area contributed by atoms with Crippen LogP contribution >= 0.6 is 15.9 Å². The normalized spacial score (nSPS) is 10.7. The Hall–Kier alpha value is -2.67. The van der Waals surface area contributed by atoms with Crippen molar-refractivity contribution in [2.75, 3.05) is 0 Å². The predicted molar refractivity (Wildman–Crippen MR) is 85.6 cm³/mol. The van der Waals surface area contributed by atoms with Crippen LogP contribution in [0.2, 0.25) is 0 Å². The second-order valence-electron chi connectivity index (χ2n) is 4.91. The number of carbonyl (C=O) groups excluding carboxylic acids is 1. The molecule has 0 saturated heterocycles. The van der Waals surface area contributed by atoms with E-state index >= 15 is 0 Å². The quantitative estimate of drug-likeness (QED) is 0.679. The summed E-state index contributed by atoms with van der Waals surface area (Å²) in [4.78, 5) is 26.2. The first-order chi connectivity index (χ1) is 11.0. The molecular formula is C16H11BrN2O4. The fourth-order valence-corrected chi connectivity index (χ4v) is 2.66. The van der Waals surface area contributed by atoms with E-state index in [1.165, 1.54) is 12.3 Å². The van der Waals surface area contributed by atoms with Gasteiger partial charge in [0.05, 0.1) is 5.56 Å². The van der Waals surface area contributed by atoms with E-state index in [-0.39, 0.29) is 17.0 Å². The Morgan fingerprint density at radius 3 is 2.74 bits per heavy atom. The smallest absolute Gasteiger partial charge is 0.352 e. The Balaban J connectivity index is 2.07. The molecule has 0 amide bonds. The molecule has 0 fully saturated rings. The van der Waals surface area contributed by atoms with Gasteiger partial charge in [-0.2, -0.15) is 0 Å². The van der Waals surface area contributed by atoms with Crippen LogP contribution in [0.25, 0.3) is 11.3 Å². The number of H-pyrrole nitrogens is 1. The molecule has 6 nitrogen and oxygen atoms in total. The molecule has 2 heterocycles. The average molecular weight is 375 g/mol. The number of carboxylic acids is 1. The molecule has 0 unspecified atom stereocenters. The van der Waals surface area contributed by atoms with Gasteiger partial charge in [-0.15, -0.1) is 0 Å². The summed E-state index contributed by atoms with van der Waals surface area (Å²) in [5.41, 5.74) is 1.66. The van der Waals surface area contributed by atoms with Gasteiger partial charge in [0.15, 0.2) is 5.78 Å². The molecule has 7 heteroatoms. The van der Waals surface area contributed by atoms with Crippen molar-refractivity contribution in [3.8, 4) is 11.3 Å². The summed E-state index contributed by atoms with van der Waals surface area (Å²) < 4.78 is 6.02. The molecule has 0 radical (unpaired) electrons. The van der Waals surface area contributed by atoms with Crippen LogP contribution < -0.4 is 0 Å². The highest BCUT2D eigenvalue weighted by Crippen LogP contribution is 2.29. The summed E-state index contributed by atoms with van der Waals surface area (Å²) in [6.07, 6.45) is 1.36. The first kappa shape index (κ1) is 15.2. The van der Waals surface area contributed by atoms with Crippen molar-refractivity contribution in [1.29, 1.82) is 0 Å². The highest BCUT2D eigenvalue weighted by molar-refractivity contribution is 9.10. The standard InChI is InChI=1S/C16H11BrN2O4/c1-8-13(15(20)10-6-12(16(21)22)18-7-10)14(19-23-8)9-3-2-4-11(17)5-9/h2-7,18H,1H3,(H,21,22). The van der Waals surface area contributed by atoms with Crippen molar-refractivity contribution in [3.05, 3.63) is 63.6 Å². The molecule has 0 bridgehead atoms. The maximum Gasteiger partial charge on any atom is 0.352 e. The zero-order chi connectivity index (χ0) is 16.6. The number of aromatic carboxylic acids is 1. The maximum atomic E-state index is 12.7. The molecule has 3 rings (SSSR count). The summed E-state index contributed by atoms with van der Waals surface area (Å²) >= 11 is 3.38. The van der Waals surface area contributed by atoms with Crippen LogP contribution in [0.1, 0.15) is 32.2 Å². The lowest BCUT2D eigenvalue weighted by Crippen LogP contribution is -2.03. The van der Waals surface area contributed by atoms with E-state index in [9.17, 15) is 9.59 Å². The Bertz CT molecular complexity index is 910. The molecule has 0 atom stereocenters. The SMILES string of the molecule is Cc1onc(-c2cccc(Br)c2)c1C(=O)c1c[nH]c(C(=O)O)c1. The van der Waals surface area contributed by atoms with Crippen LogP contribution in [-0.2, 0) is 0 Å². The van der Waals surface area contributed by atoms with Gasteiger partial charge in [-0.3, -0.25) is 4.79 Å². The van der Waals surface area contributed by atoms with Gasteiger partial charge in [0.2, 0.25) is 0 Å². The van der Waals surface area contributed by atoms with Crippen LogP contribution in [0.3, 0.4) is 0 Å². The van der Waals surface area contributed by atoms with Gasteiger partial charge in [0.1, 0.15) is 17.1 Å². The van der Waals surface area contributed by atoms with Crippen molar-refractivity contribution >= 4 is 27.7 Å². The minimum absolute atomic E-state index is 0.0496. The van der Waals surface area contributed by atoms with Crippen LogP contribution in [-0.4, -0.2) is 27.0 Å². The molecule has 2 aromatic heterocycles. The van der Waals surface area contributed by atoms with Crippen LogP contribution in [0.4, 0.5) is 0 Å². The number of rotatable bonds is 4. The highest BCUT2D eigenvalue weighted by atomic mass is 79.9. The van der Waals surface area contributed by atoms with E-state index in [0.29, 0.717) is 17.0 Å². The molecule has 2 N–H and O–H groups in total. The molecule has 0 aliphatic heterocycles. The molecule has 0 aliphatic carbocycles. The number of nitrogens with one attached hydrogen (secondary N) is 1. The number of ketones is 1. The zero-order valence-corrected chi connectivity index (χ0v) is 13.5. The lowest BCUT2D eigenvalue weighted by molar-refractivity contribution is 0.0691. The van der Waals surface area contributed by atoms with E-state index in [1.54, 1.807) is 6.92 Å². The summed E-state index contributed by atoms with van der Waals surface area (Å²) in [6.45, 7) is 1.65. The average Bonchev–Trinajstić information content (AvgIpc) is 3.13. The predicted octanol–water partition coefficient (Wildman–Crippen LogP) is 3.67. The number of nitrogens with zero attached hydrogens (tertiary/aromatic N) is 1. The molecule has 116 valence electrons. The van der Waals surface area contributed by atoms with Crippen molar-refractivity contribution in [2.45, 2.75) is 6.92 Å². The van der Waals surface area contributed by atoms with E-state index in [4.69, 9.17) is 9.63 Å². The second-order valence-corrected chi connectivity index (χ2v) is 5.82. The maximum absolute atomic E-state index is 12.7. The largest absolute Gasteiger partial charge is 0.477 e. The van der Waals surface area contributed by atoms with E-state index < -0.39 is 5.97 Å². The monoisotopic (exact) mass is 374 g/mol. The van der Waals surface area contributed by atoms with Gasteiger partial charge in [0.25, 0.3) is 0 Å². The van der Waals surface area contributed by atoms with Crippen LogP contribution in [0, 0.1) is 6.92 Å². The Morgan fingerprint density at radius 1 is 1.30 bits per heavy atom. The van der Waals surface area contributed by atoms with Crippen molar-refractivity contribution in [3.63, 3.8) is 0 Å². The molecule has 0 saturated carbocycles. The van der Waals surface area contributed by atoms with Gasteiger partial charge in [0, 0.05) is 21.8 Å². The Morgan fingerprint density at radius 2 is 2.09 bits per heavy atom. The van der Waals surface area contributed by atoms with Crippen LogP contribution in [0.15, 0.2) is 45.5 Å². The number of halogens is 1.